The molecule has 0 radical (unpaired) electrons. The number of hydrogen-bond donors (Lipinski definition) is 1. The number of benzene rings is 2. The summed E-state index contributed by atoms with van der Waals surface area (Å²) >= 11 is 0.944. The average Bonchev–Trinajstić information content (AvgIpc) is 2.60. The first-order valence-corrected chi connectivity index (χ1v) is 8.34. The van der Waals surface area contributed by atoms with Gasteiger partial charge in [-0.3, -0.25) is 4.79 Å². The Morgan fingerprint density at radius 3 is 2.54 bits per heavy atom. The summed E-state index contributed by atoms with van der Waals surface area (Å²) in [5.74, 6) is -0.814. The Balaban J connectivity index is 2.06. The van der Waals surface area contributed by atoms with Gasteiger partial charge in [0.15, 0.2) is 0 Å². The first-order valence-electron chi connectivity index (χ1n) is 7.35. The molecule has 132 valence electrons. The average molecular weight is 378 g/mol. The predicted molar refractivity (Wildman–Crippen MR) is 90.2 cm³/mol. The molecule has 0 spiro atoms. The number of thioether (sulfide) groups is 1. The summed E-state index contributed by atoms with van der Waals surface area (Å²) in [7, 11) is 0. The van der Waals surface area contributed by atoms with Crippen molar-refractivity contribution in [2.24, 2.45) is 0 Å². The molecule has 0 unspecified atom stereocenters. The second-order valence-corrected chi connectivity index (χ2v) is 6.36. The van der Waals surface area contributed by atoms with E-state index in [1.165, 1.54) is 30.3 Å². The van der Waals surface area contributed by atoms with Gasteiger partial charge in [0.1, 0.15) is 17.4 Å². The molecule has 2 aromatic carbocycles. The normalized spacial score (nSPS) is 11.5. The van der Waals surface area contributed by atoms with Gasteiger partial charge >= 0.3 is 6.18 Å². The Morgan fingerprint density at radius 2 is 1.85 bits per heavy atom. The molecule has 0 saturated carbocycles. The van der Waals surface area contributed by atoms with E-state index in [1.54, 1.807) is 6.07 Å². The van der Waals surface area contributed by atoms with Crippen LogP contribution in [-0.2, 0) is 11.9 Å². The van der Waals surface area contributed by atoms with Gasteiger partial charge < -0.3 is 4.98 Å². The van der Waals surface area contributed by atoms with E-state index in [1.807, 2.05) is 0 Å². The van der Waals surface area contributed by atoms with E-state index < -0.39 is 23.1 Å². The minimum atomic E-state index is -4.50. The molecule has 0 atom stereocenters. The lowest BCUT2D eigenvalue weighted by atomic mass is 10.1. The largest absolute Gasteiger partial charge is 0.416 e. The van der Waals surface area contributed by atoms with E-state index in [2.05, 4.69) is 4.98 Å². The van der Waals surface area contributed by atoms with Gasteiger partial charge in [-0.1, -0.05) is 30.3 Å². The van der Waals surface area contributed by atoms with Gasteiger partial charge in [-0.15, -0.1) is 11.8 Å². The van der Waals surface area contributed by atoms with Crippen molar-refractivity contribution in [3.8, 4) is 6.07 Å². The van der Waals surface area contributed by atoms with Crippen molar-refractivity contribution in [2.75, 3.05) is 0 Å². The molecule has 1 N–H and O–H groups in total. The molecule has 3 rings (SSSR count). The van der Waals surface area contributed by atoms with Gasteiger partial charge in [0.25, 0.3) is 5.56 Å². The van der Waals surface area contributed by atoms with Crippen LogP contribution in [0, 0.1) is 17.1 Å². The number of halogens is 4. The molecule has 26 heavy (non-hydrogen) atoms. The summed E-state index contributed by atoms with van der Waals surface area (Å²) in [6.07, 6.45) is -4.50. The standard InChI is InChI=1S/C18H10F4N2OS/c19-14-7-3-5-11-15(14)12(8-23)16(25)24-17(11)26-9-10-4-1-2-6-13(10)18(20,21)22/h1-7H,9H2,(H,24,25). The number of aromatic amines is 1. The van der Waals surface area contributed by atoms with E-state index in [9.17, 15) is 22.4 Å². The maximum Gasteiger partial charge on any atom is 0.416 e. The molecule has 3 nitrogen and oxygen atoms in total. The molecule has 0 amide bonds. The molecule has 0 bridgehead atoms. The van der Waals surface area contributed by atoms with Gasteiger partial charge in [0, 0.05) is 16.5 Å². The van der Waals surface area contributed by atoms with Crippen LogP contribution in [0.25, 0.3) is 10.8 Å². The van der Waals surface area contributed by atoms with Crippen molar-refractivity contribution >= 4 is 22.5 Å². The number of nitrogens with zero attached hydrogens (tertiary/aromatic N) is 1. The van der Waals surface area contributed by atoms with Gasteiger partial charge in [-0.25, -0.2) is 4.39 Å². The number of alkyl halides is 3. The Bertz CT molecular complexity index is 1080. The number of nitrogens with one attached hydrogen (secondary N) is 1. The fraction of sp³-hybridized carbons (Fsp3) is 0.111. The highest BCUT2D eigenvalue weighted by molar-refractivity contribution is 7.98. The summed E-state index contributed by atoms with van der Waals surface area (Å²) < 4.78 is 53.4. The summed E-state index contributed by atoms with van der Waals surface area (Å²) in [4.78, 5) is 14.5. The van der Waals surface area contributed by atoms with Crippen molar-refractivity contribution in [1.29, 1.82) is 5.26 Å². The lowest BCUT2D eigenvalue weighted by molar-refractivity contribution is -0.138. The molecule has 8 heteroatoms. The van der Waals surface area contributed by atoms with Crippen LogP contribution >= 0.6 is 11.8 Å². The molecule has 0 saturated heterocycles. The third-order valence-electron chi connectivity index (χ3n) is 3.77. The van der Waals surface area contributed by atoms with Crippen LogP contribution in [0.1, 0.15) is 16.7 Å². The lowest BCUT2D eigenvalue weighted by Crippen LogP contribution is -2.13. The van der Waals surface area contributed by atoms with Gasteiger partial charge in [0.05, 0.1) is 10.6 Å². The number of nitriles is 1. The number of H-pyrrole nitrogens is 1. The number of fused-ring (bicyclic) bond motifs is 1. The molecule has 0 aliphatic carbocycles. The molecule has 1 heterocycles. The van der Waals surface area contributed by atoms with E-state index in [0.29, 0.717) is 0 Å². The zero-order valence-electron chi connectivity index (χ0n) is 13.0. The minimum absolute atomic E-state index is 0.0414. The molecule has 0 aliphatic heterocycles. The third-order valence-corrected chi connectivity index (χ3v) is 4.83. The van der Waals surface area contributed by atoms with Crippen molar-refractivity contribution in [3.05, 3.63) is 75.3 Å². The SMILES string of the molecule is N#Cc1c(=O)[nH]c(SCc2ccccc2C(F)(F)F)c2cccc(F)c12. The number of pyridine rings is 1. The lowest BCUT2D eigenvalue weighted by Gasteiger charge is -2.13. The van der Waals surface area contributed by atoms with Gasteiger partial charge in [-0.05, 0) is 17.7 Å². The Morgan fingerprint density at radius 1 is 1.12 bits per heavy atom. The first-order chi connectivity index (χ1) is 12.3. The minimum Gasteiger partial charge on any atom is -0.315 e. The Hall–Kier alpha value is -2.79. The highest BCUT2D eigenvalue weighted by atomic mass is 32.2. The maximum atomic E-state index is 14.1. The van der Waals surface area contributed by atoms with Crippen molar-refractivity contribution in [2.45, 2.75) is 17.0 Å². The monoisotopic (exact) mass is 378 g/mol. The summed E-state index contributed by atoms with van der Waals surface area (Å²) in [6, 6.07) is 10.8. The fourth-order valence-corrected chi connectivity index (χ4v) is 3.65. The number of hydrogen-bond acceptors (Lipinski definition) is 3. The first kappa shape index (κ1) is 18.0. The molecule has 0 aliphatic rings. The van der Waals surface area contributed by atoms with Crippen LogP contribution in [-0.4, -0.2) is 4.98 Å². The van der Waals surface area contributed by atoms with Gasteiger partial charge in [0.2, 0.25) is 0 Å². The second-order valence-electron chi connectivity index (χ2n) is 5.38. The van der Waals surface area contributed by atoms with E-state index in [-0.39, 0.29) is 32.7 Å². The van der Waals surface area contributed by atoms with E-state index in [4.69, 9.17) is 5.26 Å². The molecule has 1 aromatic heterocycles. The molecular weight excluding hydrogens is 368 g/mol. The maximum absolute atomic E-state index is 14.1. The van der Waals surface area contributed by atoms with Crippen molar-refractivity contribution in [3.63, 3.8) is 0 Å². The Labute approximate surface area is 149 Å². The van der Waals surface area contributed by atoms with Gasteiger partial charge in [-0.2, -0.15) is 18.4 Å². The van der Waals surface area contributed by atoms with E-state index >= 15 is 0 Å². The molecule has 3 aromatic rings. The zero-order valence-corrected chi connectivity index (χ0v) is 13.8. The predicted octanol–water partition coefficient (Wildman–Crippen LogP) is 4.85. The highest BCUT2D eigenvalue weighted by Crippen LogP contribution is 2.36. The topological polar surface area (TPSA) is 56.6 Å². The summed E-state index contributed by atoms with van der Waals surface area (Å²) in [5, 5.41) is 9.45. The van der Waals surface area contributed by atoms with Crippen molar-refractivity contribution in [1.82, 2.24) is 4.98 Å². The van der Waals surface area contributed by atoms with Crippen LogP contribution < -0.4 is 5.56 Å². The van der Waals surface area contributed by atoms with Crippen molar-refractivity contribution < 1.29 is 17.6 Å². The summed E-state index contributed by atoms with van der Waals surface area (Å²) in [5.41, 5.74) is -1.87. The summed E-state index contributed by atoms with van der Waals surface area (Å²) in [6.45, 7) is 0. The third kappa shape index (κ3) is 3.30. The zero-order chi connectivity index (χ0) is 18.9. The Kier molecular flexibility index (Phi) is 4.74. The molecule has 0 fully saturated rings. The van der Waals surface area contributed by atoms with Crippen LogP contribution in [0.15, 0.2) is 52.3 Å². The van der Waals surface area contributed by atoms with Crippen LogP contribution in [0.3, 0.4) is 0 Å². The van der Waals surface area contributed by atoms with Crippen LogP contribution in [0.2, 0.25) is 0 Å². The molecular formula is C18H10F4N2OS. The fourth-order valence-electron chi connectivity index (χ4n) is 2.61. The number of rotatable bonds is 3. The second kappa shape index (κ2) is 6.84. The van der Waals surface area contributed by atoms with E-state index in [0.717, 1.165) is 23.9 Å². The van der Waals surface area contributed by atoms with Crippen LogP contribution in [0.5, 0.6) is 0 Å². The quantitative estimate of drug-likeness (QED) is 0.524. The highest BCUT2D eigenvalue weighted by Gasteiger charge is 2.32. The smallest absolute Gasteiger partial charge is 0.315 e. The number of aromatic nitrogens is 1. The van der Waals surface area contributed by atoms with Crippen LogP contribution in [0.4, 0.5) is 17.6 Å².